The highest BCUT2D eigenvalue weighted by Crippen LogP contribution is 2.39. The quantitative estimate of drug-likeness (QED) is 0.423. The van der Waals surface area contributed by atoms with Gasteiger partial charge in [0.25, 0.3) is 0 Å². The summed E-state index contributed by atoms with van der Waals surface area (Å²) in [7, 11) is 0. The maximum atomic E-state index is 12.3. The summed E-state index contributed by atoms with van der Waals surface area (Å²) in [4.78, 5) is 13.3. The fourth-order valence-electron chi connectivity index (χ4n) is 2.19. The average Bonchev–Trinajstić information content (AvgIpc) is 2.86. The number of halogens is 2. The predicted molar refractivity (Wildman–Crippen MR) is 90.4 cm³/mol. The van der Waals surface area contributed by atoms with Crippen LogP contribution in [-0.2, 0) is 0 Å². The van der Waals surface area contributed by atoms with Gasteiger partial charge in [-0.2, -0.15) is 0 Å². The van der Waals surface area contributed by atoms with Crippen molar-refractivity contribution in [1.29, 1.82) is 0 Å². The summed E-state index contributed by atoms with van der Waals surface area (Å²) in [6.07, 6.45) is 0. The molecule has 100 valence electrons. The van der Waals surface area contributed by atoms with Gasteiger partial charge in [-0.05, 0) is 23.8 Å². The fraction of sp³-hybridized carbons (Fsp3) is 0.0625. The van der Waals surface area contributed by atoms with Gasteiger partial charge in [0.1, 0.15) is 0 Å². The smallest absolute Gasteiger partial charge is 0.175 e. The van der Waals surface area contributed by atoms with E-state index in [-0.39, 0.29) is 5.78 Å². The molecule has 0 bridgehead atoms. The molecule has 0 atom stereocenters. The second kappa shape index (κ2) is 5.68. The first kappa shape index (κ1) is 13.8. The molecule has 1 nitrogen and oxygen atoms in total. The van der Waals surface area contributed by atoms with E-state index in [4.69, 9.17) is 11.6 Å². The van der Waals surface area contributed by atoms with Crippen LogP contribution in [0.4, 0.5) is 0 Å². The summed E-state index contributed by atoms with van der Waals surface area (Å²) in [6.45, 7) is 0. The van der Waals surface area contributed by atoms with Crippen LogP contribution in [0.15, 0.2) is 48.5 Å². The Labute approximate surface area is 134 Å². The van der Waals surface area contributed by atoms with Crippen molar-refractivity contribution in [2.45, 2.75) is 0 Å². The van der Waals surface area contributed by atoms with Crippen molar-refractivity contribution < 1.29 is 4.79 Å². The monoisotopic (exact) mass is 364 g/mol. The van der Waals surface area contributed by atoms with Gasteiger partial charge in [0, 0.05) is 25.5 Å². The van der Waals surface area contributed by atoms with Crippen LogP contribution in [0.1, 0.15) is 10.4 Å². The van der Waals surface area contributed by atoms with Crippen LogP contribution in [0.5, 0.6) is 0 Å². The normalized spacial score (nSPS) is 10.9. The number of thiophene rings is 1. The van der Waals surface area contributed by atoms with E-state index in [0.717, 1.165) is 26.1 Å². The van der Waals surface area contributed by atoms with Crippen molar-refractivity contribution in [3.63, 3.8) is 0 Å². The van der Waals surface area contributed by atoms with E-state index in [1.54, 1.807) is 11.3 Å². The zero-order chi connectivity index (χ0) is 14.1. The molecule has 2 aromatic carbocycles. The molecular weight excluding hydrogens is 356 g/mol. The zero-order valence-corrected chi connectivity index (χ0v) is 13.6. The van der Waals surface area contributed by atoms with E-state index >= 15 is 0 Å². The molecule has 0 saturated carbocycles. The summed E-state index contributed by atoms with van der Waals surface area (Å²) >= 11 is 10.9. The van der Waals surface area contributed by atoms with Crippen LogP contribution in [0.25, 0.3) is 20.5 Å². The second-order valence-corrected chi connectivity index (χ2v) is 6.42. The summed E-state index contributed by atoms with van der Waals surface area (Å²) in [5.41, 5.74) is 1.82. The summed E-state index contributed by atoms with van der Waals surface area (Å²) in [5.74, 6) is 0.104. The molecule has 4 heteroatoms. The van der Waals surface area contributed by atoms with E-state index in [2.05, 4.69) is 15.9 Å². The third-order valence-corrected chi connectivity index (χ3v) is 5.08. The Hall–Kier alpha value is -1.16. The minimum Gasteiger partial charge on any atom is -0.293 e. The van der Waals surface area contributed by atoms with Crippen LogP contribution in [0.3, 0.4) is 0 Å². The highest BCUT2D eigenvalue weighted by molar-refractivity contribution is 9.09. The van der Waals surface area contributed by atoms with Crippen molar-refractivity contribution >= 4 is 54.7 Å². The Kier molecular flexibility index (Phi) is 3.92. The minimum absolute atomic E-state index is 0.104. The first-order valence-corrected chi connectivity index (χ1v) is 8.39. The van der Waals surface area contributed by atoms with Crippen LogP contribution in [0, 0.1) is 0 Å². The van der Waals surface area contributed by atoms with Crippen molar-refractivity contribution in [2.75, 3.05) is 5.33 Å². The largest absolute Gasteiger partial charge is 0.293 e. The molecule has 0 unspecified atom stereocenters. The summed E-state index contributed by atoms with van der Waals surface area (Å²) in [6, 6.07) is 15.6. The van der Waals surface area contributed by atoms with Gasteiger partial charge in [-0.25, -0.2) is 0 Å². The van der Waals surface area contributed by atoms with E-state index < -0.39 is 0 Å². The standard InChI is InChI=1S/C16H10BrClOS/c17-9-13(19)15-12-3-1-2-4-14(12)20-16(15)10-5-7-11(18)8-6-10/h1-8H,9H2. The maximum Gasteiger partial charge on any atom is 0.175 e. The highest BCUT2D eigenvalue weighted by Gasteiger charge is 2.18. The number of hydrogen-bond donors (Lipinski definition) is 0. The number of hydrogen-bond acceptors (Lipinski definition) is 2. The van der Waals surface area contributed by atoms with Crippen molar-refractivity contribution in [3.05, 3.63) is 59.1 Å². The molecular formula is C16H10BrClOS. The van der Waals surface area contributed by atoms with Gasteiger partial charge in [0.2, 0.25) is 0 Å². The Morgan fingerprint density at radius 1 is 1.10 bits per heavy atom. The first-order valence-electron chi connectivity index (χ1n) is 6.07. The van der Waals surface area contributed by atoms with Crippen molar-refractivity contribution in [1.82, 2.24) is 0 Å². The molecule has 1 aromatic heterocycles. The zero-order valence-electron chi connectivity index (χ0n) is 10.4. The summed E-state index contributed by atoms with van der Waals surface area (Å²) < 4.78 is 1.13. The lowest BCUT2D eigenvalue weighted by Gasteiger charge is -2.02. The van der Waals surface area contributed by atoms with Gasteiger partial charge in [0.05, 0.1) is 5.33 Å². The minimum atomic E-state index is 0.104. The first-order chi connectivity index (χ1) is 9.70. The maximum absolute atomic E-state index is 12.3. The molecule has 0 radical (unpaired) electrons. The Balaban J connectivity index is 2.29. The number of carbonyl (C=O) groups is 1. The lowest BCUT2D eigenvalue weighted by atomic mass is 10.0. The van der Waals surface area contributed by atoms with Gasteiger partial charge >= 0.3 is 0 Å². The van der Waals surface area contributed by atoms with E-state index in [1.807, 2.05) is 48.5 Å². The van der Waals surface area contributed by atoms with Gasteiger partial charge in [0.15, 0.2) is 5.78 Å². The molecule has 3 aromatic rings. The lowest BCUT2D eigenvalue weighted by Crippen LogP contribution is -2.00. The van der Waals surface area contributed by atoms with Gasteiger partial charge in [-0.15, -0.1) is 11.3 Å². The number of rotatable bonds is 3. The molecule has 3 rings (SSSR count). The lowest BCUT2D eigenvalue weighted by molar-refractivity contribution is 0.102. The topological polar surface area (TPSA) is 17.1 Å². The molecule has 0 amide bonds. The Morgan fingerprint density at radius 2 is 1.80 bits per heavy atom. The number of benzene rings is 2. The fourth-order valence-corrected chi connectivity index (χ4v) is 3.83. The average molecular weight is 366 g/mol. The number of alkyl halides is 1. The second-order valence-electron chi connectivity index (χ2n) is 4.37. The molecule has 0 fully saturated rings. The molecule has 0 spiro atoms. The van der Waals surface area contributed by atoms with Crippen molar-refractivity contribution in [2.24, 2.45) is 0 Å². The third-order valence-electron chi connectivity index (χ3n) is 3.10. The number of carbonyl (C=O) groups excluding carboxylic acids is 1. The van der Waals surface area contributed by atoms with Crippen LogP contribution in [-0.4, -0.2) is 11.1 Å². The number of Topliss-reactive ketones (excluding diaryl/α,β-unsaturated/α-hetero) is 1. The molecule has 0 saturated heterocycles. The van der Waals surface area contributed by atoms with E-state index in [1.165, 1.54) is 0 Å². The van der Waals surface area contributed by atoms with E-state index in [0.29, 0.717) is 10.4 Å². The highest BCUT2D eigenvalue weighted by atomic mass is 79.9. The molecule has 20 heavy (non-hydrogen) atoms. The number of ketones is 1. The van der Waals surface area contributed by atoms with Crippen LogP contribution >= 0.6 is 38.9 Å². The Morgan fingerprint density at radius 3 is 2.50 bits per heavy atom. The van der Waals surface area contributed by atoms with Crippen molar-refractivity contribution in [3.8, 4) is 10.4 Å². The molecule has 0 aliphatic heterocycles. The molecule has 0 aliphatic rings. The molecule has 1 heterocycles. The van der Waals surface area contributed by atoms with Gasteiger partial charge in [-0.1, -0.05) is 57.9 Å². The predicted octanol–water partition coefficient (Wildman–Crippen LogP) is 5.80. The van der Waals surface area contributed by atoms with Crippen LogP contribution in [0.2, 0.25) is 5.02 Å². The van der Waals surface area contributed by atoms with Crippen LogP contribution < -0.4 is 0 Å². The number of fused-ring (bicyclic) bond motifs is 1. The van der Waals surface area contributed by atoms with E-state index in [9.17, 15) is 4.79 Å². The SMILES string of the molecule is O=C(CBr)c1c(-c2ccc(Cl)cc2)sc2ccccc12. The third kappa shape index (κ3) is 2.41. The van der Waals surface area contributed by atoms with Gasteiger partial charge < -0.3 is 0 Å². The molecule has 0 aliphatic carbocycles. The molecule has 0 N–H and O–H groups in total. The van der Waals surface area contributed by atoms with Gasteiger partial charge in [-0.3, -0.25) is 4.79 Å². The summed E-state index contributed by atoms with van der Waals surface area (Å²) in [5, 5.41) is 2.05. The Bertz CT molecular complexity index is 777.